The van der Waals surface area contributed by atoms with Gasteiger partial charge >= 0.3 is 5.91 Å². The topological polar surface area (TPSA) is 114 Å². The molecule has 2 N–H and O–H groups in total. The summed E-state index contributed by atoms with van der Waals surface area (Å²) in [6.45, 7) is 1.79. The first kappa shape index (κ1) is 23.9. The van der Waals surface area contributed by atoms with Gasteiger partial charge in [0, 0.05) is 11.6 Å². The van der Waals surface area contributed by atoms with Gasteiger partial charge in [0.1, 0.15) is 23.0 Å². The fourth-order valence-corrected chi connectivity index (χ4v) is 4.57. The van der Waals surface area contributed by atoms with Crippen molar-refractivity contribution in [3.05, 3.63) is 82.9 Å². The number of carbonyl (C=O) groups excluding carboxylic acids is 2. The zero-order valence-corrected chi connectivity index (χ0v) is 20.7. The Bertz CT molecular complexity index is 1570. The largest absolute Gasteiger partial charge is 0.507 e. The Morgan fingerprint density at radius 1 is 0.919 bits per heavy atom. The predicted octanol–water partition coefficient (Wildman–Crippen LogP) is 4.52. The van der Waals surface area contributed by atoms with Crippen LogP contribution in [0.5, 0.6) is 17.2 Å². The van der Waals surface area contributed by atoms with E-state index in [1.54, 1.807) is 81.8 Å². The quantitative estimate of drug-likeness (QED) is 0.228. The monoisotopic (exact) mass is 499 g/mol. The van der Waals surface area contributed by atoms with Crippen molar-refractivity contribution in [2.75, 3.05) is 26.2 Å². The van der Waals surface area contributed by atoms with Crippen LogP contribution in [0.3, 0.4) is 0 Å². The van der Waals surface area contributed by atoms with Gasteiger partial charge in [-0.05, 0) is 60.5 Å². The van der Waals surface area contributed by atoms with Gasteiger partial charge in [-0.1, -0.05) is 12.1 Å². The number of aromatic nitrogens is 2. The van der Waals surface area contributed by atoms with Crippen LogP contribution in [0.25, 0.3) is 16.8 Å². The molecule has 1 fully saturated rings. The molecule has 37 heavy (non-hydrogen) atoms. The van der Waals surface area contributed by atoms with Crippen molar-refractivity contribution >= 4 is 34.4 Å². The lowest BCUT2D eigenvalue weighted by Crippen LogP contribution is -2.30. The predicted molar refractivity (Wildman–Crippen MR) is 138 cm³/mol. The number of aliphatic hydroxyl groups excluding tert-OH is 1. The number of hydrogen-bond donors (Lipinski definition) is 2. The smallest absolute Gasteiger partial charge is 0.302 e. The number of amides is 1. The number of aromatic amines is 1. The maximum atomic E-state index is 13.5. The molecule has 0 radical (unpaired) electrons. The molecule has 0 spiro atoms. The summed E-state index contributed by atoms with van der Waals surface area (Å²) in [4.78, 5) is 35.9. The third-order valence-electron chi connectivity index (χ3n) is 6.45. The highest BCUT2D eigenvalue weighted by molar-refractivity contribution is 6.51. The van der Waals surface area contributed by atoms with E-state index in [2.05, 4.69) is 9.97 Å². The Balaban J connectivity index is 1.73. The number of benzene rings is 3. The van der Waals surface area contributed by atoms with E-state index in [1.807, 2.05) is 0 Å². The van der Waals surface area contributed by atoms with Gasteiger partial charge in [0.15, 0.2) is 0 Å². The number of methoxy groups -OCH3 is 3. The number of carbonyl (C=O) groups is 2. The second kappa shape index (κ2) is 9.34. The van der Waals surface area contributed by atoms with E-state index in [1.165, 1.54) is 12.0 Å². The lowest BCUT2D eigenvalue weighted by atomic mass is 9.94. The lowest BCUT2D eigenvalue weighted by Gasteiger charge is -2.23. The molecule has 1 atom stereocenters. The standard InChI is InChI=1S/C28H25N3O6/c1-15-12-18(36-3)8-10-20(15)25(32)23-24(16-6-5-7-17(13-16)35-2)31(27(34)26(23)33)28-29-21-11-9-19(37-4)14-22(21)30-28/h5-14,24,32H,1-4H3,(H,29,30)/b25-23+. The van der Waals surface area contributed by atoms with Gasteiger partial charge in [0.25, 0.3) is 5.78 Å². The second-order valence-corrected chi connectivity index (χ2v) is 8.57. The highest BCUT2D eigenvalue weighted by Crippen LogP contribution is 2.43. The normalized spacial score (nSPS) is 16.9. The van der Waals surface area contributed by atoms with Crippen molar-refractivity contribution in [3.8, 4) is 17.2 Å². The molecule has 0 bridgehead atoms. The number of hydrogen-bond acceptors (Lipinski definition) is 7. The molecule has 9 nitrogen and oxygen atoms in total. The average Bonchev–Trinajstić information content (AvgIpc) is 3.45. The van der Waals surface area contributed by atoms with Gasteiger partial charge < -0.3 is 24.3 Å². The van der Waals surface area contributed by atoms with Gasteiger partial charge in [-0.15, -0.1) is 0 Å². The summed E-state index contributed by atoms with van der Waals surface area (Å²) in [7, 11) is 4.63. The first-order valence-electron chi connectivity index (χ1n) is 11.5. The number of ether oxygens (including phenoxy) is 3. The van der Waals surface area contributed by atoms with E-state index >= 15 is 0 Å². The Labute approximate surface area is 212 Å². The van der Waals surface area contributed by atoms with Crippen molar-refractivity contribution in [3.63, 3.8) is 0 Å². The van der Waals surface area contributed by atoms with E-state index < -0.39 is 17.7 Å². The molecular weight excluding hydrogens is 474 g/mol. The summed E-state index contributed by atoms with van der Waals surface area (Å²) < 4.78 is 15.9. The van der Waals surface area contributed by atoms with Crippen LogP contribution in [0, 0.1) is 6.92 Å². The molecule has 2 heterocycles. The number of nitrogens with one attached hydrogen (secondary N) is 1. The zero-order chi connectivity index (χ0) is 26.3. The van der Waals surface area contributed by atoms with Crippen LogP contribution in [0.1, 0.15) is 22.7 Å². The van der Waals surface area contributed by atoms with Crippen molar-refractivity contribution in [1.82, 2.24) is 9.97 Å². The molecule has 188 valence electrons. The van der Waals surface area contributed by atoms with E-state index in [-0.39, 0.29) is 17.3 Å². The fourth-order valence-electron chi connectivity index (χ4n) is 4.57. The number of anilines is 1. The van der Waals surface area contributed by atoms with E-state index in [0.717, 1.165) is 0 Å². The van der Waals surface area contributed by atoms with Gasteiger partial charge in [-0.25, -0.2) is 4.98 Å². The van der Waals surface area contributed by atoms with Crippen LogP contribution in [-0.2, 0) is 9.59 Å². The molecule has 1 aromatic heterocycles. The van der Waals surface area contributed by atoms with Crippen molar-refractivity contribution < 1.29 is 28.9 Å². The summed E-state index contributed by atoms with van der Waals surface area (Å²) in [5, 5.41) is 11.4. The van der Waals surface area contributed by atoms with Crippen molar-refractivity contribution in [1.29, 1.82) is 0 Å². The van der Waals surface area contributed by atoms with E-state index in [9.17, 15) is 14.7 Å². The number of aliphatic hydroxyl groups is 1. The Hall–Kier alpha value is -4.79. The highest BCUT2D eigenvalue weighted by Gasteiger charge is 2.48. The van der Waals surface area contributed by atoms with Crippen LogP contribution >= 0.6 is 0 Å². The van der Waals surface area contributed by atoms with Gasteiger partial charge in [0.05, 0.1) is 44.0 Å². The summed E-state index contributed by atoms with van der Waals surface area (Å²) in [5.74, 6) is 0.0131. The lowest BCUT2D eigenvalue weighted by molar-refractivity contribution is -0.132. The van der Waals surface area contributed by atoms with Crippen LogP contribution in [0.4, 0.5) is 5.95 Å². The van der Waals surface area contributed by atoms with Crippen molar-refractivity contribution in [2.24, 2.45) is 0 Å². The maximum absolute atomic E-state index is 13.5. The minimum Gasteiger partial charge on any atom is -0.507 e. The number of ketones is 1. The van der Waals surface area contributed by atoms with Crippen LogP contribution in [-0.4, -0.2) is 48.1 Å². The second-order valence-electron chi connectivity index (χ2n) is 8.57. The van der Waals surface area contributed by atoms with Crippen LogP contribution in [0.2, 0.25) is 0 Å². The first-order valence-corrected chi connectivity index (χ1v) is 11.5. The molecule has 0 aliphatic carbocycles. The third kappa shape index (κ3) is 4.04. The molecule has 9 heteroatoms. The number of fused-ring (bicyclic) bond motifs is 1. The molecule has 1 saturated heterocycles. The van der Waals surface area contributed by atoms with E-state index in [0.29, 0.717) is 45.0 Å². The Kier molecular flexibility index (Phi) is 6.04. The molecule has 5 rings (SSSR count). The van der Waals surface area contributed by atoms with Gasteiger partial charge in [-0.2, -0.15) is 0 Å². The van der Waals surface area contributed by atoms with Crippen molar-refractivity contribution in [2.45, 2.75) is 13.0 Å². The highest BCUT2D eigenvalue weighted by atomic mass is 16.5. The average molecular weight is 500 g/mol. The molecule has 0 saturated carbocycles. The van der Waals surface area contributed by atoms with Gasteiger partial charge in [0.2, 0.25) is 5.95 Å². The molecule has 3 aromatic carbocycles. The minimum absolute atomic E-state index is 0.0513. The number of nitrogens with zero attached hydrogens (tertiary/aromatic N) is 2. The molecule has 1 unspecified atom stereocenters. The summed E-state index contributed by atoms with van der Waals surface area (Å²) in [6, 6.07) is 16.4. The van der Waals surface area contributed by atoms with Crippen LogP contribution < -0.4 is 19.1 Å². The number of H-pyrrole nitrogens is 1. The summed E-state index contributed by atoms with van der Waals surface area (Å²) in [5.41, 5.74) is 2.85. The number of rotatable bonds is 6. The van der Waals surface area contributed by atoms with E-state index in [4.69, 9.17) is 14.2 Å². The minimum atomic E-state index is -0.959. The Morgan fingerprint density at radius 3 is 2.30 bits per heavy atom. The SMILES string of the molecule is COc1cccc(C2/C(=C(\O)c3ccc(OC)cc3C)C(=O)C(=O)N2c2nc3ccc(OC)cc3[nH]2)c1. The summed E-state index contributed by atoms with van der Waals surface area (Å²) in [6.07, 6.45) is 0. The first-order chi connectivity index (χ1) is 17.9. The molecule has 1 aliphatic heterocycles. The van der Waals surface area contributed by atoms with Crippen LogP contribution in [0.15, 0.2) is 66.2 Å². The zero-order valence-electron chi connectivity index (χ0n) is 20.7. The summed E-state index contributed by atoms with van der Waals surface area (Å²) >= 11 is 0. The number of Topliss-reactive ketones (excluding diaryl/α,β-unsaturated/α-hetero) is 1. The fraction of sp³-hybridized carbons (Fsp3) is 0.179. The third-order valence-corrected chi connectivity index (χ3v) is 6.45. The maximum Gasteiger partial charge on any atom is 0.302 e. The molecular formula is C28H25N3O6. The Morgan fingerprint density at radius 2 is 1.59 bits per heavy atom. The molecule has 4 aromatic rings. The number of imidazole rings is 1. The molecule has 1 aliphatic rings. The number of aryl methyl sites for hydroxylation is 1. The molecule has 1 amide bonds. The van der Waals surface area contributed by atoms with Gasteiger partial charge in [-0.3, -0.25) is 14.5 Å².